The second-order valence-corrected chi connectivity index (χ2v) is 10.3. The Bertz CT molecular complexity index is 718. The average molecular weight is 394 g/mol. The van der Waals surface area contributed by atoms with Crippen LogP contribution in [0.2, 0.25) is 0 Å². The van der Waals surface area contributed by atoms with Gasteiger partial charge in [-0.1, -0.05) is 38.8 Å². The van der Waals surface area contributed by atoms with Gasteiger partial charge in [-0.2, -0.15) is 0 Å². The Hall–Kier alpha value is -1.56. The summed E-state index contributed by atoms with van der Waals surface area (Å²) in [6.07, 6.45) is 7.73. The molecule has 0 saturated heterocycles. The van der Waals surface area contributed by atoms with Crippen molar-refractivity contribution in [2.45, 2.75) is 64.3 Å². The molecule has 0 unspecified atom stereocenters. The number of nitrogens with one attached hydrogen (secondary N) is 2. The zero-order valence-electron chi connectivity index (χ0n) is 17.2. The van der Waals surface area contributed by atoms with Crippen LogP contribution in [0.15, 0.2) is 34.2 Å². The summed E-state index contributed by atoms with van der Waals surface area (Å²) in [5.74, 6) is 1.54. The number of sulfone groups is 1. The first-order valence-electron chi connectivity index (χ1n) is 10.1. The zero-order chi connectivity index (χ0) is 19.9. The van der Waals surface area contributed by atoms with Crippen LogP contribution in [-0.2, 0) is 16.4 Å². The van der Waals surface area contributed by atoms with E-state index in [1.54, 1.807) is 12.1 Å². The van der Waals surface area contributed by atoms with Crippen LogP contribution < -0.4 is 10.6 Å². The molecule has 6 heteroatoms. The van der Waals surface area contributed by atoms with Crippen molar-refractivity contribution in [3.05, 3.63) is 29.8 Å². The van der Waals surface area contributed by atoms with E-state index in [-0.39, 0.29) is 0 Å². The third-order valence-electron chi connectivity index (χ3n) is 5.25. The number of benzene rings is 1. The third kappa shape index (κ3) is 6.83. The molecule has 1 saturated carbocycles. The number of rotatable bonds is 8. The number of aliphatic imine (C=N–C) groups is 1. The highest BCUT2D eigenvalue weighted by Crippen LogP contribution is 2.42. The first kappa shape index (κ1) is 21.7. The van der Waals surface area contributed by atoms with Gasteiger partial charge in [0.1, 0.15) is 0 Å². The molecule has 27 heavy (non-hydrogen) atoms. The molecule has 1 fully saturated rings. The van der Waals surface area contributed by atoms with Gasteiger partial charge in [-0.3, -0.25) is 0 Å². The quantitative estimate of drug-likeness (QED) is 0.521. The molecular weight excluding hydrogens is 358 g/mol. The van der Waals surface area contributed by atoms with Gasteiger partial charge in [0, 0.05) is 19.3 Å². The van der Waals surface area contributed by atoms with Crippen LogP contribution in [0.3, 0.4) is 0 Å². The largest absolute Gasteiger partial charge is 0.357 e. The molecule has 0 atom stereocenters. The number of hydrogen-bond acceptors (Lipinski definition) is 3. The SMILES string of the molecule is CCNC(=NCc1ccc(S(C)(=O)=O)cc1)NCC1(CC(C)C)CCCC1. The molecule has 0 amide bonds. The Morgan fingerprint density at radius 1 is 1.15 bits per heavy atom. The molecule has 5 nitrogen and oxygen atoms in total. The average Bonchev–Trinajstić information content (AvgIpc) is 3.05. The Morgan fingerprint density at radius 2 is 1.78 bits per heavy atom. The highest BCUT2D eigenvalue weighted by atomic mass is 32.2. The molecule has 0 spiro atoms. The van der Waals surface area contributed by atoms with Crippen molar-refractivity contribution in [2.24, 2.45) is 16.3 Å². The summed E-state index contributed by atoms with van der Waals surface area (Å²) in [6, 6.07) is 6.97. The van der Waals surface area contributed by atoms with Crippen molar-refractivity contribution < 1.29 is 8.42 Å². The predicted molar refractivity (Wildman–Crippen MR) is 113 cm³/mol. The predicted octanol–water partition coefficient (Wildman–Crippen LogP) is 3.75. The summed E-state index contributed by atoms with van der Waals surface area (Å²) in [4.78, 5) is 5.04. The Morgan fingerprint density at radius 3 is 2.30 bits per heavy atom. The van der Waals surface area contributed by atoms with Gasteiger partial charge in [0.05, 0.1) is 11.4 Å². The molecule has 2 rings (SSSR count). The van der Waals surface area contributed by atoms with Crippen molar-refractivity contribution in [2.75, 3.05) is 19.3 Å². The van der Waals surface area contributed by atoms with Crippen LogP contribution in [0.25, 0.3) is 0 Å². The van der Waals surface area contributed by atoms with Crippen molar-refractivity contribution in [3.63, 3.8) is 0 Å². The summed E-state index contributed by atoms with van der Waals surface area (Å²) in [7, 11) is -3.15. The lowest BCUT2D eigenvalue weighted by Crippen LogP contribution is -2.43. The molecule has 2 N–H and O–H groups in total. The molecule has 152 valence electrons. The number of nitrogens with zero attached hydrogens (tertiary/aromatic N) is 1. The topological polar surface area (TPSA) is 70.6 Å². The van der Waals surface area contributed by atoms with Crippen molar-refractivity contribution in [1.82, 2.24) is 10.6 Å². The van der Waals surface area contributed by atoms with Gasteiger partial charge in [0.2, 0.25) is 0 Å². The Balaban J connectivity index is 2.01. The van der Waals surface area contributed by atoms with Gasteiger partial charge in [0.15, 0.2) is 15.8 Å². The van der Waals surface area contributed by atoms with E-state index in [1.165, 1.54) is 38.4 Å². The van der Waals surface area contributed by atoms with E-state index >= 15 is 0 Å². The lowest BCUT2D eigenvalue weighted by molar-refractivity contribution is 0.235. The standard InChI is InChI=1S/C21H35N3O2S/c1-5-22-20(24-16-21(14-17(2)3)12-6-7-13-21)23-15-18-8-10-19(11-9-18)27(4,25)26/h8-11,17H,5-7,12-16H2,1-4H3,(H2,22,23,24). The monoisotopic (exact) mass is 393 g/mol. The van der Waals surface area contributed by atoms with Crippen LogP contribution in [0.4, 0.5) is 0 Å². The minimum atomic E-state index is -3.15. The van der Waals surface area contributed by atoms with E-state index in [1.807, 2.05) is 12.1 Å². The van der Waals surface area contributed by atoms with Crippen LogP contribution in [0.1, 0.15) is 58.4 Å². The second-order valence-electron chi connectivity index (χ2n) is 8.27. The smallest absolute Gasteiger partial charge is 0.191 e. The molecule has 1 aliphatic rings. The first-order chi connectivity index (χ1) is 12.7. The molecule has 0 heterocycles. The molecule has 1 aromatic carbocycles. The fourth-order valence-corrected chi connectivity index (χ4v) is 4.70. The highest BCUT2D eigenvalue weighted by molar-refractivity contribution is 7.90. The molecular formula is C21H35N3O2S. The molecule has 0 aliphatic heterocycles. The van der Waals surface area contributed by atoms with Crippen LogP contribution in [0.5, 0.6) is 0 Å². The molecule has 0 radical (unpaired) electrons. The maximum atomic E-state index is 11.6. The van der Waals surface area contributed by atoms with Crippen molar-refractivity contribution >= 4 is 15.8 Å². The van der Waals surface area contributed by atoms with Gasteiger partial charge >= 0.3 is 0 Å². The summed E-state index contributed by atoms with van der Waals surface area (Å²) in [6.45, 7) is 8.98. The van der Waals surface area contributed by atoms with Gasteiger partial charge < -0.3 is 10.6 Å². The van der Waals surface area contributed by atoms with Gasteiger partial charge in [-0.25, -0.2) is 13.4 Å². The number of guanidine groups is 1. The number of hydrogen-bond donors (Lipinski definition) is 2. The molecule has 0 bridgehead atoms. The lowest BCUT2D eigenvalue weighted by atomic mass is 9.78. The normalized spacial score (nSPS) is 17.3. The van der Waals surface area contributed by atoms with Crippen LogP contribution in [0, 0.1) is 11.3 Å². The molecule has 1 aromatic rings. The minimum Gasteiger partial charge on any atom is -0.357 e. The Labute approximate surface area is 165 Å². The van der Waals surface area contributed by atoms with Gasteiger partial charge in [0.25, 0.3) is 0 Å². The fourth-order valence-electron chi connectivity index (χ4n) is 4.07. The summed E-state index contributed by atoms with van der Waals surface area (Å²) >= 11 is 0. The maximum Gasteiger partial charge on any atom is 0.191 e. The van der Waals surface area contributed by atoms with Gasteiger partial charge in [-0.15, -0.1) is 0 Å². The fraction of sp³-hybridized carbons (Fsp3) is 0.667. The maximum absolute atomic E-state index is 11.6. The first-order valence-corrected chi connectivity index (χ1v) is 11.9. The highest BCUT2D eigenvalue weighted by Gasteiger charge is 2.34. The van der Waals surface area contributed by atoms with E-state index < -0.39 is 9.84 Å². The van der Waals surface area contributed by atoms with E-state index in [0.717, 1.165) is 24.6 Å². The van der Waals surface area contributed by atoms with Crippen molar-refractivity contribution in [3.8, 4) is 0 Å². The minimum absolute atomic E-state index is 0.345. The van der Waals surface area contributed by atoms with E-state index in [9.17, 15) is 8.42 Å². The Kier molecular flexibility index (Phi) is 7.71. The van der Waals surface area contributed by atoms with Crippen LogP contribution >= 0.6 is 0 Å². The molecule has 1 aliphatic carbocycles. The lowest BCUT2D eigenvalue weighted by Gasteiger charge is -2.32. The molecule has 0 aromatic heterocycles. The summed E-state index contributed by atoms with van der Waals surface area (Å²) < 4.78 is 23.1. The second kappa shape index (κ2) is 9.58. The summed E-state index contributed by atoms with van der Waals surface area (Å²) in [5, 5.41) is 6.88. The van der Waals surface area contributed by atoms with E-state index in [2.05, 4.69) is 31.4 Å². The van der Waals surface area contributed by atoms with Crippen LogP contribution in [-0.4, -0.2) is 33.7 Å². The van der Waals surface area contributed by atoms with E-state index in [4.69, 9.17) is 4.99 Å². The zero-order valence-corrected chi connectivity index (χ0v) is 18.0. The summed E-state index contributed by atoms with van der Waals surface area (Å²) in [5.41, 5.74) is 1.39. The van der Waals surface area contributed by atoms with E-state index in [0.29, 0.717) is 22.8 Å². The van der Waals surface area contributed by atoms with Crippen molar-refractivity contribution in [1.29, 1.82) is 0 Å². The van der Waals surface area contributed by atoms with Gasteiger partial charge in [-0.05, 0) is 55.2 Å². The third-order valence-corrected chi connectivity index (χ3v) is 6.38.